The summed E-state index contributed by atoms with van der Waals surface area (Å²) < 4.78 is 2.44. The van der Waals surface area contributed by atoms with Crippen molar-refractivity contribution in [1.82, 2.24) is 25.5 Å². The van der Waals surface area contributed by atoms with Crippen molar-refractivity contribution < 1.29 is 4.79 Å². The van der Waals surface area contributed by atoms with Gasteiger partial charge in [0.05, 0.1) is 0 Å². The van der Waals surface area contributed by atoms with Crippen LogP contribution in [0.15, 0.2) is 35.1 Å². The summed E-state index contributed by atoms with van der Waals surface area (Å²) in [7, 11) is 0. The number of tetrazole rings is 1. The van der Waals surface area contributed by atoms with Gasteiger partial charge in [-0.1, -0.05) is 28.1 Å². The topological polar surface area (TPSA) is 72.7 Å². The number of carbonyl (C=O) groups is 1. The number of nitrogens with zero attached hydrogens (tertiary/aromatic N) is 4. The lowest BCUT2D eigenvalue weighted by atomic mass is 10.1. The van der Waals surface area contributed by atoms with Crippen LogP contribution in [0, 0.1) is 0 Å². The van der Waals surface area contributed by atoms with Gasteiger partial charge in [-0.25, -0.2) is 4.68 Å². The number of nitrogens with one attached hydrogen (secondary N) is 1. The van der Waals surface area contributed by atoms with Crippen LogP contribution in [0.4, 0.5) is 0 Å². The number of hydrogen-bond acceptors (Lipinski definition) is 4. The van der Waals surface area contributed by atoms with Crippen molar-refractivity contribution in [3.8, 4) is 0 Å². The quantitative estimate of drug-likeness (QED) is 0.896. The van der Waals surface area contributed by atoms with Crippen LogP contribution in [0.2, 0.25) is 0 Å². The van der Waals surface area contributed by atoms with Gasteiger partial charge in [0.1, 0.15) is 12.9 Å². The maximum Gasteiger partial charge on any atom is 0.242 e. The van der Waals surface area contributed by atoms with Crippen molar-refractivity contribution in [2.75, 3.05) is 0 Å². The molecule has 0 bridgehead atoms. The molecule has 1 atom stereocenters. The maximum atomic E-state index is 11.7. The summed E-state index contributed by atoms with van der Waals surface area (Å²) in [5, 5.41) is 13.5. The smallest absolute Gasteiger partial charge is 0.242 e. The van der Waals surface area contributed by atoms with E-state index in [4.69, 9.17) is 0 Å². The highest BCUT2D eigenvalue weighted by Gasteiger charge is 2.09. The number of hydrogen-bond donors (Lipinski definition) is 1. The second-order valence-electron chi connectivity index (χ2n) is 4.31. The maximum absolute atomic E-state index is 11.7. The Bertz CT molecular complexity index is 526. The van der Waals surface area contributed by atoms with Crippen LogP contribution in [-0.4, -0.2) is 32.2 Å². The first-order valence-corrected chi connectivity index (χ1v) is 6.67. The molecule has 7 heteroatoms. The molecule has 0 spiro atoms. The molecule has 0 fully saturated rings. The normalized spacial score (nSPS) is 12.1. The number of amides is 1. The van der Waals surface area contributed by atoms with Crippen LogP contribution in [0.5, 0.6) is 0 Å². The Morgan fingerprint density at radius 2 is 2.16 bits per heavy atom. The SMILES string of the molecule is CC(Cc1ccc(Br)cc1)NC(=O)Cn1cnnn1. The fraction of sp³-hybridized carbons (Fsp3) is 0.333. The Balaban J connectivity index is 1.82. The summed E-state index contributed by atoms with van der Waals surface area (Å²) in [6.45, 7) is 2.11. The Kier molecular flexibility index (Phi) is 4.62. The Labute approximate surface area is 119 Å². The van der Waals surface area contributed by atoms with E-state index in [1.807, 2.05) is 31.2 Å². The summed E-state index contributed by atoms with van der Waals surface area (Å²) in [5.41, 5.74) is 1.18. The molecule has 1 N–H and O–H groups in total. The van der Waals surface area contributed by atoms with Gasteiger partial charge < -0.3 is 5.32 Å². The van der Waals surface area contributed by atoms with Gasteiger partial charge in [-0.3, -0.25) is 4.79 Å². The number of rotatable bonds is 5. The van der Waals surface area contributed by atoms with Gasteiger partial charge in [-0.15, -0.1) is 5.10 Å². The molecule has 1 unspecified atom stereocenters. The molecular formula is C12H14BrN5O. The van der Waals surface area contributed by atoms with E-state index in [-0.39, 0.29) is 18.5 Å². The molecule has 0 aliphatic carbocycles. The van der Waals surface area contributed by atoms with Crippen molar-refractivity contribution in [2.24, 2.45) is 0 Å². The van der Waals surface area contributed by atoms with E-state index in [0.29, 0.717) is 0 Å². The summed E-state index contributed by atoms with van der Waals surface area (Å²) in [5.74, 6) is -0.100. The summed E-state index contributed by atoms with van der Waals surface area (Å²) in [6, 6.07) is 8.11. The largest absolute Gasteiger partial charge is 0.352 e. The summed E-state index contributed by atoms with van der Waals surface area (Å²) >= 11 is 3.39. The van der Waals surface area contributed by atoms with Crippen molar-refractivity contribution >= 4 is 21.8 Å². The molecule has 1 amide bonds. The highest BCUT2D eigenvalue weighted by atomic mass is 79.9. The molecule has 0 aliphatic heterocycles. The van der Waals surface area contributed by atoms with Gasteiger partial charge >= 0.3 is 0 Å². The minimum atomic E-state index is -0.100. The van der Waals surface area contributed by atoms with Crippen LogP contribution < -0.4 is 5.32 Å². The van der Waals surface area contributed by atoms with Crippen LogP contribution >= 0.6 is 15.9 Å². The fourth-order valence-corrected chi connectivity index (χ4v) is 2.01. The molecule has 0 saturated carbocycles. The summed E-state index contributed by atoms with van der Waals surface area (Å²) in [6.07, 6.45) is 2.20. The van der Waals surface area contributed by atoms with Crippen molar-refractivity contribution in [3.63, 3.8) is 0 Å². The third-order valence-corrected chi connectivity index (χ3v) is 3.09. The highest BCUT2D eigenvalue weighted by Crippen LogP contribution is 2.11. The van der Waals surface area contributed by atoms with E-state index in [0.717, 1.165) is 10.9 Å². The lowest BCUT2D eigenvalue weighted by Gasteiger charge is -2.13. The zero-order valence-corrected chi connectivity index (χ0v) is 12.0. The molecule has 19 heavy (non-hydrogen) atoms. The van der Waals surface area contributed by atoms with Gasteiger partial charge in [0.25, 0.3) is 0 Å². The molecule has 0 saturated heterocycles. The van der Waals surface area contributed by atoms with E-state index in [1.165, 1.54) is 16.6 Å². The number of aromatic nitrogens is 4. The predicted octanol–water partition coefficient (Wildman–Crippen LogP) is 1.18. The van der Waals surface area contributed by atoms with Crippen LogP contribution in [-0.2, 0) is 17.8 Å². The lowest BCUT2D eigenvalue weighted by molar-refractivity contribution is -0.122. The van der Waals surface area contributed by atoms with Gasteiger partial charge in [0.2, 0.25) is 5.91 Å². The second kappa shape index (κ2) is 6.42. The van der Waals surface area contributed by atoms with Crippen LogP contribution in [0.1, 0.15) is 12.5 Å². The minimum Gasteiger partial charge on any atom is -0.352 e. The first-order chi connectivity index (χ1) is 9.13. The Hall–Kier alpha value is -1.76. The van der Waals surface area contributed by atoms with Gasteiger partial charge in [0, 0.05) is 10.5 Å². The molecule has 6 nitrogen and oxygen atoms in total. The number of benzene rings is 1. The van der Waals surface area contributed by atoms with E-state index in [1.54, 1.807) is 0 Å². The van der Waals surface area contributed by atoms with Crippen LogP contribution in [0.3, 0.4) is 0 Å². The number of halogens is 1. The monoisotopic (exact) mass is 323 g/mol. The molecule has 2 rings (SSSR count). The molecule has 0 radical (unpaired) electrons. The highest BCUT2D eigenvalue weighted by molar-refractivity contribution is 9.10. The van der Waals surface area contributed by atoms with Crippen LogP contribution in [0.25, 0.3) is 0 Å². The molecule has 100 valence electrons. The van der Waals surface area contributed by atoms with Crippen molar-refractivity contribution in [2.45, 2.75) is 25.9 Å². The van der Waals surface area contributed by atoms with E-state index < -0.39 is 0 Å². The van der Waals surface area contributed by atoms with Crippen molar-refractivity contribution in [1.29, 1.82) is 0 Å². The molecule has 1 aromatic heterocycles. The minimum absolute atomic E-state index is 0.0603. The molecular weight excluding hydrogens is 310 g/mol. The lowest BCUT2D eigenvalue weighted by Crippen LogP contribution is -2.36. The van der Waals surface area contributed by atoms with E-state index in [2.05, 4.69) is 36.8 Å². The van der Waals surface area contributed by atoms with Gasteiger partial charge in [0.15, 0.2) is 0 Å². The Morgan fingerprint density at radius 1 is 1.42 bits per heavy atom. The zero-order valence-electron chi connectivity index (χ0n) is 10.5. The van der Waals surface area contributed by atoms with Gasteiger partial charge in [-0.2, -0.15) is 0 Å². The third-order valence-electron chi connectivity index (χ3n) is 2.56. The molecule has 1 aromatic carbocycles. The second-order valence-corrected chi connectivity index (χ2v) is 5.22. The van der Waals surface area contributed by atoms with Crippen molar-refractivity contribution in [3.05, 3.63) is 40.6 Å². The first kappa shape index (κ1) is 13.7. The predicted molar refractivity (Wildman–Crippen MR) is 73.3 cm³/mol. The Morgan fingerprint density at radius 3 is 2.79 bits per heavy atom. The molecule has 1 heterocycles. The zero-order chi connectivity index (χ0) is 13.7. The molecule has 2 aromatic rings. The van der Waals surface area contributed by atoms with Gasteiger partial charge in [-0.05, 0) is 41.5 Å². The van der Waals surface area contributed by atoms with E-state index in [9.17, 15) is 4.79 Å². The van der Waals surface area contributed by atoms with E-state index >= 15 is 0 Å². The summed E-state index contributed by atoms with van der Waals surface area (Å²) in [4.78, 5) is 11.7. The first-order valence-electron chi connectivity index (χ1n) is 5.88. The fourth-order valence-electron chi connectivity index (χ4n) is 1.75. The number of carbonyl (C=O) groups excluding carboxylic acids is 1. The molecule has 0 aliphatic rings. The average molecular weight is 324 g/mol. The standard InChI is InChI=1S/C12H14BrN5O/c1-9(6-10-2-4-11(13)5-3-10)15-12(19)7-18-8-14-16-17-18/h2-5,8-9H,6-7H2,1H3,(H,15,19). The third kappa shape index (κ3) is 4.44. The average Bonchev–Trinajstić information content (AvgIpc) is 2.84.